The van der Waals surface area contributed by atoms with E-state index in [1.165, 1.54) is 5.56 Å². The van der Waals surface area contributed by atoms with Crippen LogP contribution in [0.15, 0.2) is 66.7 Å². The summed E-state index contributed by atoms with van der Waals surface area (Å²) in [6.45, 7) is 7.33. The molecule has 0 bridgehead atoms. The number of nitrogens with zero attached hydrogens (tertiary/aromatic N) is 1. The van der Waals surface area contributed by atoms with Crippen LogP contribution in [0.4, 0.5) is 0 Å². The number of carboxylic acid groups (broad SMARTS) is 2. The molecule has 1 aliphatic heterocycles. The Balaban J connectivity index is 0.000000550. The first-order chi connectivity index (χ1) is 18.2. The molecule has 0 aliphatic carbocycles. The number of likely N-dealkylation sites (tertiary alicyclic amines) is 1. The molecule has 0 spiro atoms. The molecule has 0 atom stereocenters. The molecule has 206 valence electrons. The highest BCUT2D eigenvalue weighted by Crippen LogP contribution is 2.36. The van der Waals surface area contributed by atoms with E-state index < -0.39 is 11.9 Å². The molecule has 3 rings (SSSR count). The topological polar surface area (TPSA) is 116 Å². The van der Waals surface area contributed by atoms with Crippen LogP contribution >= 0.6 is 0 Å². The van der Waals surface area contributed by atoms with E-state index in [9.17, 15) is 14.4 Å². The normalized spacial score (nSPS) is 14.4. The Morgan fingerprint density at radius 3 is 2.03 bits per heavy atom. The van der Waals surface area contributed by atoms with E-state index in [1.807, 2.05) is 18.2 Å². The van der Waals surface area contributed by atoms with Gasteiger partial charge >= 0.3 is 11.9 Å². The molecule has 1 amide bonds. The molecule has 1 saturated heterocycles. The van der Waals surface area contributed by atoms with E-state index in [4.69, 9.17) is 14.9 Å². The molecule has 8 heteroatoms. The first-order valence-corrected chi connectivity index (χ1v) is 13.1. The van der Waals surface area contributed by atoms with E-state index in [2.05, 4.69) is 60.5 Å². The van der Waals surface area contributed by atoms with Gasteiger partial charge in [0.2, 0.25) is 5.91 Å². The molecule has 3 N–H and O–H groups in total. The van der Waals surface area contributed by atoms with Crippen LogP contribution in [-0.4, -0.2) is 59.7 Å². The van der Waals surface area contributed by atoms with Crippen LogP contribution < -0.4 is 10.1 Å². The van der Waals surface area contributed by atoms with E-state index in [0.29, 0.717) is 12.2 Å². The van der Waals surface area contributed by atoms with Gasteiger partial charge in [0.15, 0.2) is 0 Å². The summed E-state index contributed by atoms with van der Waals surface area (Å²) in [5.41, 5.74) is 2.07. The van der Waals surface area contributed by atoms with Gasteiger partial charge in [-0.2, -0.15) is 0 Å². The second kappa shape index (κ2) is 15.6. The van der Waals surface area contributed by atoms with Crippen molar-refractivity contribution >= 4 is 17.8 Å². The van der Waals surface area contributed by atoms with Gasteiger partial charge in [-0.15, -0.1) is 0 Å². The fourth-order valence-electron chi connectivity index (χ4n) is 4.75. The number of benzene rings is 2. The number of carbonyl (C=O) groups excluding carboxylic acids is 1. The molecule has 1 aliphatic rings. The molecule has 0 saturated carbocycles. The highest BCUT2D eigenvalue weighted by molar-refractivity contribution is 5.89. The summed E-state index contributed by atoms with van der Waals surface area (Å²) >= 11 is 0. The summed E-state index contributed by atoms with van der Waals surface area (Å²) in [6.07, 6.45) is 5.72. The third-order valence-corrected chi connectivity index (χ3v) is 7.08. The maximum Gasteiger partial charge on any atom is 0.328 e. The molecule has 0 unspecified atom stereocenters. The van der Waals surface area contributed by atoms with Crippen LogP contribution in [0.5, 0.6) is 5.75 Å². The molecule has 0 radical (unpaired) electrons. The summed E-state index contributed by atoms with van der Waals surface area (Å²) in [4.78, 5) is 34.8. The molecule has 2 aromatic carbocycles. The van der Waals surface area contributed by atoms with Gasteiger partial charge < -0.3 is 25.2 Å². The Morgan fingerprint density at radius 2 is 1.50 bits per heavy atom. The maximum absolute atomic E-state index is 13.2. The van der Waals surface area contributed by atoms with Gasteiger partial charge in [0, 0.05) is 30.2 Å². The zero-order chi connectivity index (χ0) is 28.0. The van der Waals surface area contributed by atoms with E-state index in [0.717, 1.165) is 63.1 Å². The van der Waals surface area contributed by atoms with E-state index in [-0.39, 0.29) is 17.4 Å². The number of amides is 1. The van der Waals surface area contributed by atoms with Crippen LogP contribution in [0.3, 0.4) is 0 Å². The lowest BCUT2D eigenvalue weighted by Gasteiger charge is -2.38. The smallest absolute Gasteiger partial charge is 0.328 e. The molecule has 38 heavy (non-hydrogen) atoms. The van der Waals surface area contributed by atoms with Crippen molar-refractivity contribution in [3.05, 3.63) is 77.9 Å². The molecule has 1 heterocycles. The monoisotopic (exact) mass is 524 g/mol. The lowest BCUT2D eigenvalue weighted by Crippen LogP contribution is -2.49. The van der Waals surface area contributed by atoms with Gasteiger partial charge in [0.25, 0.3) is 0 Å². The number of aliphatic carboxylic acids is 2. The SMILES string of the molecule is CCC(CC)(NC(=O)C1CCN(CCc2ccccc2)CC1)c1ccccc1OC.O=C(O)/C=C/C(=O)O. The third-order valence-electron chi connectivity index (χ3n) is 7.08. The Labute approximate surface area is 225 Å². The van der Waals surface area contributed by atoms with Crippen molar-refractivity contribution in [2.45, 2.75) is 51.5 Å². The van der Waals surface area contributed by atoms with Crippen molar-refractivity contribution in [1.82, 2.24) is 10.2 Å². The number of nitrogens with one attached hydrogen (secondary N) is 1. The Bertz CT molecular complexity index is 1040. The van der Waals surface area contributed by atoms with Gasteiger partial charge in [-0.05, 0) is 56.8 Å². The number of carboxylic acids is 2. The number of carbonyl (C=O) groups is 3. The van der Waals surface area contributed by atoms with E-state index in [1.54, 1.807) is 7.11 Å². The number of piperidine rings is 1. The first-order valence-electron chi connectivity index (χ1n) is 13.1. The molecule has 0 aromatic heterocycles. The van der Waals surface area contributed by atoms with Crippen LogP contribution in [0, 0.1) is 5.92 Å². The molecular formula is C30H40N2O6. The predicted octanol–water partition coefficient (Wildman–Crippen LogP) is 4.49. The zero-order valence-corrected chi connectivity index (χ0v) is 22.6. The predicted molar refractivity (Wildman–Crippen MR) is 147 cm³/mol. The van der Waals surface area contributed by atoms with Crippen LogP contribution in [-0.2, 0) is 26.3 Å². The summed E-state index contributed by atoms with van der Waals surface area (Å²) in [5, 5.41) is 19.1. The van der Waals surface area contributed by atoms with Crippen molar-refractivity contribution in [1.29, 1.82) is 0 Å². The largest absolute Gasteiger partial charge is 0.496 e. The second-order valence-corrected chi connectivity index (χ2v) is 9.34. The number of ether oxygens (including phenoxy) is 1. The lowest BCUT2D eigenvalue weighted by atomic mass is 9.82. The minimum atomic E-state index is -1.26. The van der Waals surface area contributed by atoms with Gasteiger partial charge in [-0.25, -0.2) is 9.59 Å². The summed E-state index contributed by atoms with van der Waals surface area (Å²) < 4.78 is 5.60. The van der Waals surface area contributed by atoms with Gasteiger partial charge in [0.1, 0.15) is 5.75 Å². The fourth-order valence-corrected chi connectivity index (χ4v) is 4.75. The van der Waals surface area contributed by atoms with Crippen molar-refractivity contribution in [3.8, 4) is 5.75 Å². The van der Waals surface area contributed by atoms with Crippen LogP contribution in [0.2, 0.25) is 0 Å². The van der Waals surface area contributed by atoms with Crippen molar-refractivity contribution < 1.29 is 29.3 Å². The molecule has 8 nitrogen and oxygen atoms in total. The number of hydrogen-bond acceptors (Lipinski definition) is 5. The molecule has 1 fully saturated rings. The van der Waals surface area contributed by atoms with Gasteiger partial charge in [0.05, 0.1) is 12.6 Å². The minimum absolute atomic E-state index is 0.0881. The van der Waals surface area contributed by atoms with Crippen molar-refractivity contribution in [3.63, 3.8) is 0 Å². The van der Waals surface area contributed by atoms with Crippen LogP contribution in [0.25, 0.3) is 0 Å². The summed E-state index contributed by atoms with van der Waals surface area (Å²) in [6, 6.07) is 18.7. The average molecular weight is 525 g/mol. The van der Waals surface area contributed by atoms with Crippen LogP contribution in [0.1, 0.15) is 50.7 Å². The standard InChI is InChI=1S/C26H36N2O2.C4H4O4/c1-4-26(5-2,23-13-9-10-14-24(23)30-3)27-25(29)22-16-19-28(20-17-22)18-15-21-11-7-6-8-12-21;5-3(6)1-2-4(7)8/h6-14,22H,4-5,15-20H2,1-3H3,(H,27,29);1-2H,(H,5,6)(H,7,8)/b;2-1+. The highest BCUT2D eigenvalue weighted by atomic mass is 16.5. The lowest BCUT2D eigenvalue weighted by molar-refractivity contribution is -0.134. The van der Waals surface area contributed by atoms with Gasteiger partial charge in [-0.3, -0.25) is 4.79 Å². The zero-order valence-electron chi connectivity index (χ0n) is 22.6. The second-order valence-electron chi connectivity index (χ2n) is 9.34. The Morgan fingerprint density at radius 1 is 0.947 bits per heavy atom. The molecular weight excluding hydrogens is 484 g/mol. The van der Waals surface area contributed by atoms with Crippen molar-refractivity contribution in [2.24, 2.45) is 5.92 Å². The average Bonchev–Trinajstić information content (AvgIpc) is 2.95. The number of hydrogen-bond donors (Lipinski definition) is 3. The minimum Gasteiger partial charge on any atom is -0.496 e. The summed E-state index contributed by atoms with van der Waals surface area (Å²) in [7, 11) is 1.70. The maximum atomic E-state index is 13.2. The highest BCUT2D eigenvalue weighted by Gasteiger charge is 2.35. The number of methoxy groups -OCH3 is 1. The fraction of sp³-hybridized carbons (Fsp3) is 0.433. The van der Waals surface area contributed by atoms with Crippen molar-refractivity contribution in [2.75, 3.05) is 26.7 Å². The third kappa shape index (κ3) is 9.34. The quantitative estimate of drug-likeness (QED) is 0.371. The summed E-state index contributed by atoms with van der Waals surface area (Å²) in [5.74, 6) is -1.39. The first kappa shape index (κ1) is 30.6. The Kier molecular flexibility index (Phi) is 12.5. The number of para-hydroxylation sites is 1. The molecule has 2 aromatic rings. The van der Waals surface area contributed by atoms with Gasteiger partial charge in [-0.1, -0.05) is 62.4 Å². The Hall–Kier alpha value is -3.65. The number of rotatable bonds is 11. The van der Waals surface area contributed by atoms with E-state index >= 15 is 0 Å².